The summed E-state index contributed by atoms with van der Waals surface area (Å²) in [6.45, 7) is 2.31. The molecule has 0 aliphatic carbocycles. The first-order valence-corrected chi connectivity index (χ1v) is 12.4. The molecule has 2 amide bonds. The highest BCUT2D eigenvalue weighted by molar-refractivity contribution is 6.14. The molecule has 1 N–H and O–H groups in total. The van der Waals surface area contributed by atoms with Crippen LogP contribution in [0.1, 0.15) is 49.3 Å². The summed E-state index contributed by atoms with van der Waals surface area (Å²) in [4.78, 5) is 41.2. The number of aromatic nitrogens is 2. The van der Waals surface area contributed by atoms with Crippen LogP contribution in [0.25, 0.3) is 0 Å². The lowest BCUT2D eigenvalue weighted by Gasteiger charge is -2.34. The molecule has 1 aromatic heterocycles. The maximum absolute atomic E-state index is 13.7. The van der Waals surface area contributed by atoms with E-state index in [1.54, 1.807) is 71.3 Å². The lowest BCUT2D eigenvalue weighted by Crippen LogP contribution is -2.47. The fourth-order valence-corrected chi connectivity index (χ4v) is 4.67. The van der Waals surface area contributed by atoms with Crippen molar-refractivity contribution in [1.29, 1.82) is 5.26 Å². The molecular weight excluding hydrogens is 510 g/mol. The molecule has 200 valence electrons. The Bertz CT molecular complexity index is 1650. The summed E-state index contributed by atoms with van der Waals surface area (Å²) < 4.78 is 11.9. The van der Waals surface area contributed by atoms with Gasteiger partial charge in [0.05, 0.1) is 44.3 Å². The van der Waals surface area contributed by atoms with Crippen LogP contribution in [-0.2, 0) is 6.54 Å². The number of nitriles is 1. The Balaban J connectivity index is 1.37. The number of ether oxygens (including phenoxy) is 2. The topological polar surface area (TPSA) is 127 Å². The van der Waals surface area contributed by atoms with Crippen LogP contribution in [0.5, 0.6) is 11.5 Å². The van der Waals surface area contributed by atoms with E-state index in [1.165, 1.54) is 25.4 Å². The molecule has 10 nitrogen and oxygen atoms in total. The van der Waals surface area contributed by atoms with E-state index in [9.17, 15) is 19.6 Å². The van der Waals surface area contributed by atoms with E-state index in [2.05, 4.69) is 10.4 Å². The highest BCUT2D eigenvalue weighted by atomic mass is 16.5. The van der Waals surface area contributed by atoms with Crippen molar-refractivity contribution in [2.75, 3.05) is 24.4 Å². The van der Waals surface area contributed by atoms with Crippen LogP contribution in [0.2, 0.25) is 0 Å². The van der Waals surface area contributed by atoms with Crippen molar-refractivity contribution in [3.05, 3.63) is 101 Å². The number of nitrogens with one attached hydrogen (secondary N) is 1. The van der Waals surface area contributed by atoms with Crippen molar-refractivity contribution in [3.63, 3.8) is 0 Å². The van der Waals surface area contributed by atoms with Gasteiger partial charge in [-0.2, -0.15) is 10.4 Å². The molecule has 0 spiro atoms. The van der Waals surface area contributed by atoms with Gasteiger partial charge >= 0.3 is 0 Å². The van der Waals surface area contributed by atoms with Gasteiger partial charge in [0.15, 0.2) is 5.78 Å². The van der Waals surface area contributed by atoms with Crippen molar-refractivity contribution < 1.29 is 23.9 Å². The van der Waals surface area contributed by atoms with Gasteiger partial charge in [-0.1, -0.05) is 0 Å². The molecule has 1 aliphatic heterocycles. The first-order valence-electron chi connectivity index (χ1n) is 12.4. The summed E-state index contributed by atoms with van der Waals surface area (Å²) >= 11 is 0. The molecule has 10 heteroatoms. The molecule has 0 bridgehead atoms. The van der Waals surface area contributed by atoms with E-state index in [0.717, 1.165) is 0 Å². The fourth-order valence-electron chi connectivity index (χ4n) is 4.67. The number of methoxy groups -OCH3 is 2. The monoisotopic (exact) mass is 535 g/mol. The highest BCUT2D eigenvalue weighted by Crippen LogP contribution is 2.30. The SMILES string of the molecule is COc1ccc(C(=O)c2ccc(N3C(=O)c4c(NC(=O)c5ccc(OC)c(C#N)c5)cnn4C[C@@H]3C)cc2)cc1. The largest absolute Gasteiger partial charge is 0.497 e. The minimum atomic E-state index is -0.491. The zero-order valence-electron chi connectivity index (χ0n) is 22.0. The maximum atomic E-state index is 13.7. The van der Waals surface area contributed by atoms with Crippen LogP contribution >= 0.6 is 0 Å². The fraction of sp³-hybridized carbons (Fsp3) is 0.167. The maximum Gasteiger partial charge on any atom is 0.279 e. The Morgan fingerprint density at radius 3 is 2.25 bits per heavy atom. The van der Waals surface area contributed by atoms with Crippen LogP contribution < -0.4 is 19.7 Å². The number of anilines is 2. The van der Waals surface area contributed by atoms with E-state index >= 15 is 0 Å². The number of hydrogen-bond donors (Lipinski definition) is 1. The standard InChI is InChI=1S/C30H25N5O5/c1-18-17-34-27(25(16-32-34)33-29(37)21-8-13-26(40-3)22(14-21)15-31)30(38)35(18)23-9-4-19(5-10-23)28(36)20-6-11-24(39-2)12-7-20/h4-14,16,18H,17H2,1-3H3,(H,33,37)/t18-/m0/s1. The average Bonchev–Trinajstić information content (AvgIpc) is 3.38. The van der Waals surface area contributed by atoms with E-state index in [1.807, 2.05) is 13.0 Å². The number of benzene rings is 3. The third-order valence-electron chi connectivity index (χ3n) is 6.73. The third-order valence-corrected chi connectivity index (χ3v) is 6.73. The minimum Gasteiger partial charge on any atom is -0.497 e. The number of rotatable bonds is 7. The van der Waals surface area contributed by atoms with Crippen LogP contribution in [0.3, 0.4) is 0 Å². The molecule has 0 saturated heterocycles. The Hall–Kier alpha value is -5.43. The van der Waals surface area contributed by atoms with Crippen molar-refractivity contribution in [2.45, 2.75) is 19.5 Å². The molecule has 40 heavy (non-hydrogen) atoms. The Kier molecular flexibility index (Phi) is 7.03. The van der Waals surface area contributed by atoms with Gasteiger partial charge in [0.1, 0.15) is 23.3 Å². The van der Waals surface area contributed by atoms with E-state index in [0.29, 0.717) is 34.9 Å². The molecule has 1 aliphatic rings. The molecule has 0 radical (unpaired) electrons. The van der Waals surface area contributed by atoms with Gasteiger partial charge in [0, 0.05) is 22.4 Å². The van der Waals surface area contributed by atoms with E-state index in [4.69, 9.17) is 9.47 Å². The van der Waals surface area contributed by atoms with Gasteiger partial charge in [-0.15, -0.1) is 0 Å². The minimum absolute atomic E-state index is 0.145. The summed E-state index contributed by atoms with van der Waals surface area (Å²) in [7, 11) is 3.01. The van der Waals surface area contributed by atoms with Crippen LogP contribution in [0.15, 0.2) is 72.9 Å². The first kappa shape index (κ1) is 26.2. The summed E-state index contributed by atoms with van der Waals surface area (Å²) in [5.74, 6) is 0.0460. The molecule has 0 saturated carbocycles. The summed E-state index contributed by atoms with van der Waals surface area (Å²) in [6.07, 6.45) is 1.44. The number of fused-ring (bicyclic) bond motifs is 1. The number of amides is 2. The normalized spacial score (nSPS) is 14.2. The van der Waals surface area contributed by atoms with Gasteiger partial charge < -0.3 is 19.7 Å². The smallest absolute Gasteiger partial charge is 0.279 e. The lowest BCUT2D eigenvalue weighted by atomic mass is 10.0. The second kappa shape index (κ2) is 10.7. The predicted octanol–water partition coefficient (Wildman–Crippen LogP) is 4.30. The number of nitrogens with zero attached hydrogens (tertiary/aromatic N) is 4. The molecule has 4 aromatic rings. The number of carbonyl (C=O) groups is 3. The number of carbonyl (C=O) groups excluding carboxylic acids is 3. The molecule has 5 rings (SSSR count). The van der Waals surface area contributed by atoms with Gasteiger partial charge in [-0.25, -0.2) is 0 Å². The van der Waals surface area contributed by atoms with Crippen molar-refractivity contribution >= 4 is 29.0 Å². The Morgan fingerprint density at radius 2 is 1.62 bits per heavy atom. The Labute approximate surface area is 230 Å². The van der Waals surface area contributed by atoms with E-state index < -0.39 is 5.91 Å². The zero-order chi connectivity index (χ0) is 28.4. The van der Waals surface area contributed by atoms with Crippen LogP contribution in [-0.4, -0.2) is 47.6 Å². The first-order chi connectivity index (χ1) is 19.3. The lowest BCUT2D eigenvalue weighted by molar-refractivity contribution is 0.0947. The molecule has 0 fully saturated rings. The molecule has 3 aromatic carbocycles. The van der Waals surface area contributed by atoms with Gasteiger partial charge in [-0.3, -0.25) is 19.1 Å². The number of hydrogen-bond acceptors (Lipinski definition) is 7. The third kappa shape index (κ3) is 4.76. The number of ketones is 1. The molecular formula is C30H25N5O5. The molecule has 2 heterocycles. The van der Waals surface area contributed by atoms with Crippen LogP contribution in [0.4, 0.5) is 11.4 Å². The highest BCUT2D eigenvalue weighted by Gasteiger charge is 2.34. The van der Waals surface area contributed by atoms with Gasteiger partial charge in [0.2, 0.25) is 0 Å². The summed E-state index contributed by atoms with van der Waals surface area (Å²) in [6, 6.07) is 20.0. The quantitative estimate of drug-likeness (QED) is 0.350. The summed E-state index contributed by atoms with van der Waals surface area (Å²) in [5.41, 5.74) is 2.58. The van der Waals surface area contributed by atoms with Crippen LogP contribution in [0, 0.1) is 11.3 Å². The average molecular weight is 536 g/mol. The zero-order valence-corrected chi connectivity index (χ0v) is 22.0. The second-order valence-corrected chi connectivity index (χ2v) is 9.20. The van der Waals surface area contributed by atoms with E-state index in [-0.39, 0.29) is 40.2 Å². The molecule has 1 atom stereocenters. The van der Waals surface area contributed by atoms with Crippen molar-refractivity contribution in [1.82, 2.24) is 9.78 Å². The predicted molar refractivity (Wildman–Crippen MR) is 147 cm³/mol. The second-order valence-electron chi connectivity index (χ2n) is 9.20. The van der Waals surface area contributed by atoms with Crippen molar-refractivity contribution in [3.8, 4) is 17.6 Å². The van der Waals surface area contributed by atoms with Crippen molar-refractivity contribution in [2.24, 2.45) is 0 Å². The molecule has 0 unspecified atom stereocenters. The van der Waals surface area contributed by atoms with Gasteiger partial charge in [-0.05, 0) is 73.7 Å². The van der Waals surface area contributed by atoms with Gasteiger partial charge in [0.25, 0.3) is 11.8 Å². The Morgan fingerprint density at radius 1 is 0.975 bits per heavy atom. The summed E-state index contributed by atoms with van der Waals surface area (Å²) in [5, 5.41) is 16.4.